The van der Waals surface area contributed by atoms with Gasteiger partial charge in [0, 0.05) is 15.3 Å². The summed E-state index contributed by atoms with van der Waals surface area (Å²) in [6, 6.07) is 10.9. The summed E-state index contributed by atoms with van der Waals surface area (Å²) in [5.41, 5.74) is 3.29. The van der Waals surface area contributed by atoms with Gasteiger partial charge in [-0.3, -0.25) is 4.79 Å². The highest BCUT2D eigenvalue weighted by atomic mass is 35.5. The van der Waals surface area contributed by atoms with Crippen molar-refractivity contribution in [3.8, 4) is 5.69 Å². The van der Waals surface area contributed by atoms with E-state index in [1.165, 1.54) is 16.9 Å². The molecule has 0 saturated heterocycles. The number of nitrogens with zero attached hydrogens (tertiary/aromatic N) is 3. The van der Waals surface area contributed by atoms with E-state index in [0.717, 1.165) is 40.8 Å². The van der Waals surface area contributed by atoms with Crippen LogP contribution in [-0.4, -0.2) is 14.5 Å². The SMILES string of the molecule is Cc1nc2sc3c(c2c2nc(NCc4ccco4)n(-c4ccc(Cl)cc4)c(=O)c12)CCCC3. The summed E-state index contributed by atoms with van der Waals surface area (Å²) < 4.78 is 7.08. The number of hydrogen-bond donors (Lipinski definition) is 1. The largest absolute Gasteiger partial charge is 0.467 e. The Kier molecular flexibility index (Phi) is 4.96. The predicted molar refractivity (Wildman–Crippen MR) is 133 cm³/mol. The standard InChI is InChI=1S/C25H21ClN4O2S/c1-14-20-22(21-18-6-2-3-7-19(18)33-23(21)28-14)29-25(27-13-17-5-4-12-32-17)30(24(20)31)16-10-8-15(26)9-11-16/h4-5,8-12H,2-3,6-7,13H2,1H3,(H,27,29). The number of rotatable bonds is 4. The molecule has 0 radical (unpaired) electrons. The van der Waals surface area contributed by atoms with Crippen LogP contribution in [0.3, 0.4) is 0 Å². The van der Waals surface area contributed by atoms with E-state index in [4.69, 9.17) is 26.0 Å². The Hall–Kier alpha value is -3.16. The van der Waals surface area contributed by atoms with Crippen molar-refractivity contribution in [2.24, 2.45) is 0 Å². The smallest absolute Gasteiger partial charge is 0.269 e. The molecule has 1 aliphatic carbocycles. The second-order valence-corrected chi connectivity index (χ2v) is 9.82. The van der Waals surface area contributed by atoms with Crippen molar-refractivity contribution in [2.45, 2.75) is 39.2 Å². The summed E-state index contributed by atoms with van der Waals surface area (Å²) in [6.07, 6.45) is 6.06. The zero-order valence-corrected chi connectivity index (χ0v) is 19.6. The topological polar surface area (TPSA) is 73.0 Å². The Balaban J connectivity index is 1.65. The van der Waals surface area contributed by atoms with Gasteiger partial charge in [-0.2, -0.15) is 0 Å². The van der Waals surface area contributed by atoms with Crippen molar-refractivity contribution in [1.82, 2.24) is 14.5 Å². The normalized spacial score (nSPS) is 13.5. The minimum Gasteiger partial charge on any atom is -0.467 e. The van der Waals surface area contributed by atoms with Gasteiger partial charge in [0.05, 0.1) is 35.1 Å². The number of furan rings is 1. The van der Waals surface area contributed by atoms with Gasteiger partial charge in [-0.1, -0.05) is 11.6 Å². The fourth-order valence-corrected chi connectivity index (χ4v) is 6.08. The lowest BCUT2D eigenvalue weighted by atomic mass is 9.96. The van der Waals surface area contributed by atoms with E-state index in [9.17, 15) is 4.79 Å². The van der Waals surface area contributed by atoms with Crippen LogP contribution in [-0.2, 0) is 19.4 Å². The second kappa shape index (κ2) is 8.01. The number of hydrogen-bond acceptors (Lipinski definition) is 6. The van der Waals surface area contributed by atoms with Crippen LogP contribution < -0.4 is 10.9 Å². The predicted octanol–water partition coefficient (Wildman–Crippen LogP) is 6.04. The number of benzene rings is 1. The van der Waals surface area contributed by atoms with E-state index >= 15 is 0 Å². The van der Waals surface area contributed by atoms with Crippen LogP contribution in [0.1, 0.15) is 34.7 Å². The molecule has 33 heavy (non-hydrogen) atoms. The number of anilines is 1. The Morgan fingerprint density at radius 1 is 1.12 bits per heavy atom. The molecule has 0 fully saturated rings. The second-order valence-electron chi connectivity index (χ2n) is 8.30. The zero-order valence-electron chi connectivity index (χ0n) is 18.0. The molecule has 1 aromatic carbocycles. The molecule has 1 N–H and O–H groups in total. The van der Waals surface area contributed by atoms with Crippen LogP contribution in [0.4, 0.5) is 5.95 Å². The molecular weight excluding hydrogens is 456 g/mol. The van der Waals surface area contributed by atoms with Gasteiger partial charge in [0.1, 0.15) is 10.6 Å². The summed E-state index contributed by atoms with van der Waals surface area (Å²) in [4.78, 5) is 26.2. The minimum absolute atomic E-state index is 0.146. The first-order valence-electron chi connectivity index (χ1n) is 11.0. The van der Waals surface area contributed by atoms with Crippen molar-refractivity contribution in [3.05, 3.63) is 79.9 Å². The highest BCUT2D eigenvalue weighted by Gasteiger charge is 2.24. The Labute approximate surface area is 198 Å². The van der Waals surface area contributed by atoms with Crippen molar-refractivity contribution in [2.75, 3.05) is 5.32 Å². The summed E-state index contributed by atoms with van der Waals surface area (Å²) in [7, 11) is 0. The maximum atomic E-state index is 13.9. The molecule has 0 spiro atoms. The van der Waals surface area contributed by atoms with Gasteiger partial charge in [-0.15, -0.1) is 11.3 Å². The number of halogens is 1. The molecule has 1 aliphatic rings. The van der Waals surface area contributed by atoms with Crippen LogP contribution in [0.5, 0.6) is 0 Å². The number of nitrogens with one attached hydrogen (secondary N) is 1. The number of aromatic nitrogens is 3. The molecule has 4 heterocycles. The van der Waals surface area contributed by atoms with E-state index in [1.54, 1.807) is 34.3 Å². The lowest BCUT2D eigenvalue weighted by Gasteiger charge is -2.16. The Bertz CT molecular complexity index is 1550. The molecule has 0 unspecified atom stereocenters. The molecule has 166 valence electrons. The van der Waals surface area contributed by atoms with Crippen molar-refractivity contribution < 1.29 is 4.42 Å². The van der Waals surface area contributed by atoms with Crippen molar-refractivity contribution >= 4 is 50.0 Å². The maximum absolute atomic E-state index is 13.9. The lowest BCUT2D eigenvalue weighted by Crippen LogP contribution is -2.24. The van der Waals surface area contributed by atoms with Gasteiger partial charge in [-0.25, -0.2) is 14.5 Å². The number of fused-ring (bicyclic) bond motifs is 5. The van der Waals surface area contributed by atoms with Crippen LogP contribution in [0.25, 0.3) is 26.8 Å². The average molecular weight is 477 g/mol. The van der Waals surface area contributed by atoms with Crippen LogP contribution in [0.2, 0.25) is 5.02 Å². The first-order valence-corrected chi connectivity index (χ1v) is 12.2. The zero-order chi connectivity index (χ0) is 22.5. The van der Waals surface area contributed by atoms with Gasteiger partial charge in [0.15, 0.2) is 0 Å². The lowest BCUT2D eigenvalue weighted by molar-refractivity contribution is 0.517. The van der Waals surface area contributed by atoms with E-state index < -0.39 is 0 Å². The molecule has 0 saturated carbocycles. The highest BCUT2D eigenvalue weighted by molar-refractivity contribution is 7.19. The molecule has 5 aromatic rings. The summed E-state index contributed by atoms with van der Waals surface area (Å²) in [5, 5.41) is 5.53. The van der Waals surface area contributed by atoms with Gasteiger partial charge in [0.2, 0.25) is 5.95 Å². The Morgan fingerprint density at radius 2 is 1.94 bits per heavy atom. The van der Waals surface area contributed by atoms with Crippen molar-refractivity contribution in [3.63, 3.8) is 0 Å². The fraction of sp³-hybridized carbons (Fsp3) is 0.240. The molecule has 6 rings (SSSR count). The van der Waals surface area contributed by atoms with Crippen LogP contribution in [0, 0.1) is 6.92 Å². The average Bonchev–Trinajstić information content (AvgIpc) is 3.45. The number of aryl methyl sites for hydroxylation is 3. The monoisotopic (exact) mass is 476 g/mol. The molecule has 0 atom stereocenters. The van der Waals surface area contributed by atoms with Gasteiger partial charge < -0.3 is 9.73 Å². The van der Waals surface area contributed by atoms with Gasteiger partial charge in [0.25, 0.3) is 5.56 Å². The third-order valence-corrected chi connectivity index (χ3v) is 7.63. The minimum atomic E-state index is -0.146. The number of thiophene rings is 1. The molecule has 0 amide bonds. The van der Waals surface area contributed by atoms with E-state index in [2.05, 4.69) is 5.32 Å². The quantitative estimate of drug-likeness (QED) is 0.342. The molecule has 0 bridgehead atoms. The summed E-state index contributed by atoms with van der Waals surface area (Å²) in [5.74, 6) is 1.23. The van der Waals surface area contributed by atoms with E-state index in [0.29, 0.717) is 34.3 Å². The van der Waals surface area contributed by atoms with Crippen LogP contribution in [0.15, 0.2) is 51.9 Å². The number of pyridine rings is 1. The van der Waals surface area contributed by atoms with Gasteiger partial charge >= 0.3 is 0 Å². The molecule has 4 aromatic heterocycles. The fourth-order valence-electron chi connectivity index (χ4n) is 4.64. The molecule has 0 aliphatic heterocycles. The third-order valence-electron chi connectivity index (χ3n) is 6.19. The molecular formula is C25H21ClN4O2S. The maximum Gasteiger partial charge on any atom is 0.269 e. The third kappa shape index (κ3) is 3.43. The summed E-state index contributed by atoms with van der Waals surface area (Å²) >= 11 is 7.85. The molecule has 6 nitrogen and oxygen atoms in total. The first-order chi connectivity index (χ1) is 16.1. The van der Waals surface area contributed by atoms with Gasteiger partial charge in [-0.05, 0) is 74.6 Å². The van der Waals surface area contributed by atoms with E-state index in [1.807, 2.05) is 31.2 Å². The molecule has 8 heteroatoms. The Morgan fingerprint density at radius 3 is 2.73 bits per heavy atom. The van der Waals surface area contributed by atoms with E-state index in [-0.39, 0.29) is 5.56 Å². The summed E-state index contributed by atoms with van der Waals surface area (Å²) in [6.45, 7) is 2.30. The first kappa shape index (κ1) is 20.4. The van der Waals surface area contributed by atoms with Crippen molar-refractivity contribution in [1.29, 1.82) is 0 Å². The highest BCUT2D eigenvalue weighted by Crippen LogP contribution is 2.39. The van der Waals surface area contributed by atoms with Crippen LogP contribution >= 0.6 is 22.9 Å².